The molecule has 0 fully saturated rings. The smallest absolute Gasteiger partial charge is 0.140 e. The lowest BCUT2D eigenvalue weighted by atomic mass is 10.4. The Morgan fingerprint density at radius 3 is 3.18 bits per heavy atom. The molecule has 0 bridgehead atoms. The standard InChI is InChI=1S/C7H5FN2S/c8-5-1-2-10-6(3-5)9-4-7(10)11/h1-4,11H. The summed E-state index contributed by atoms with van der Waals surface area (Å²) in [4.78, 5) is 3.93. The number of halogens is 1. The van der Waals surface area contributed by atoms with Crippen LogP contribution in [-0.2, 0) is 0 Å². The molecular weight excluding hydrogens is 163 g/mol. The van der Waals surface area contributed by atoms with Crippen molar-refractivity contribution >= 4 is 18.3 Å². The van der Waals surface area contributed by atoms with Crippen molar-refractivity contribution in [2.75, 3.05) is 0 Å². The number of hydrogen-bond acceptors (Lipinski definition) is 2. The van der Waals surface area contributed by atoms with Crippen molar-refractivity contribution in [3.63, 3.8) is 0 Å². The summed E-state index contributed by atoms with van der Waals surface area (Å²) in [6.07, 6.45) is 3.18. The zero-order valence-electron chi connectivity index (χ0n) is 5.53. The molecule has 0 amide bonds. The van der Waals surface area contributed by atoms with Gasteiger partial charge in [0.15, 0.2) is 0 Å². The predicted octanol–water partition coefficient (Wildman–Crippen LogP) is 1.76. The third kappa shape index (κ3) is 0.991. The van der Waals surface area contributed by atoms with Gasteiger partial charge in [0.05, 0.1) is 11.2 Å². The minimum atomic E-state index is -0.281. The predicted molar refractivity (Wildman–Crippen MR) is 42.4 cm³/mol. The van der Waals surface area contributed by atoms with Gasteiger partial charge < -0.3 is 0 Å². The second kappa shape index (κ2) is 2.23. The SMILES string of the molecule is Fc1ccn2c(S)cnc2c1. The normalized spacial score (nSPS) is 10.7. The summed E-state index contributed by atoms with van der Waals surface area (Å²) in [7, 11) is 0. The number of thiol groups is 1. The average Bonchev–Trinajstić information content (AvgIpc) is 2.32. The quantitative estimate of drug-likeness (QED) is 0.593. The first-order chi connectivity index (χ1) is 5.27. The molecule has 0 saturated heterocycles. The Bertz CT molecular complexity index is 396. The molecule has 2 heterocycles. The summed E-state index contributed by atoms with van der Waals surface area (Å²) >= 11 is 4.11. The molecule has 0 spiro atoms. The van der Waals surface area contributed by atoms with Crippen molar-refractivity contribution in [2.24, 2.45) is 0 Å². The van der Waals surface area contributed by atoms with Gasteiger partial charge in [-0.15, -0.1) is 12.6 Å². The lowest BCUT2D eigenvalue weighted by Crippen LogP contribution is -1.84. The van der Waals surface area contributed by atoms with Gasteiger partial charge in [0.2, 0.25) is 0 Å². The van der Waals surface area contributed by atoms with Crippen LogP contribution in [0.1, 0.15) is 0 Å². The number of imidazole rings is 1. The van der Waals surface area contributed by atoms with Crippen molar-refractivity contribution in [1.29, 1.82) is 0 Å². The Kier molecular flexibility index (Phi) is 1.35. The molecule has 0 aliphatic rings. The lowest BCUT2D eigenvalue weighted by Gasteiger charge is -1.93. The zero-order valence-corrected chi connectivity index (χ0v) is 6.42. The minimum absolute atomic E-state index is 0.281. The van der Waals surface area contributed by atoms with Crippen molar-refractivity contribution in [1.82, 2.24) is 9.38 Å². The maximum atomic E-state index is 12.6. The van der Waals surface area contributed by atoms with Crippen LogP contribution in [0.15, 0.2) is 29.6 Å². The van der Waals surface area contributed by atoms with E-state index in [1.807, 2.05) is 0 Å². The Hall–Kier alpha value is -1.03. The Morgan fingerprint density at radius 1 is 1.55 bits per heavy atom. The summed E-state index contributed by atoms with van der Waals surface area (Å²) in [5.41, 5.74) is 0.579. The van der Waals surface area contributed by atoms with Crippen LogP contribution in [0.2, 0.25) is 0 Å². The molecule has 2 nitrogen and oxygen atoms in total. The molecule has 0 atom stereocenters. The zero-order chi connectivity index (χ0) is 7.84. The number of pyridine rings is 1. The van der Waals surface area contributed by atoms with Gasteiger partial charge in [-0.05, 0) is 6.07 Å². The van der Waals surface area contributed by atoms with Crippen LogP contribution >= 0.6 is 12.6 Å². The minimum Gasteiger partial charge on any atom is -0.295 e. The third-order valence-corrected chi connectivity index (χ3v) is 1.79. The maximum Gasteiger partial charge on any atom is 0.140 e. The van der Waals surface area contributed by atoms with Gasteiger partial charge in [-0.2, -0.15) is 0 Å². The summed E-state index contributed by atoms with van der Waals surface area (Å²) in [5.74, 6) is -0.281. The summed E-state index contributed by atoms with van der Waals surface area (Å²) < 4.78 is 14.3. The summed E-state index contributed by atoms with van der Waals surface area (Å²) in [6.45, 7) is 0. The summed E-state index contributed by atoms with van der Waals surface area (Å²) in [6, 6.07) is 2.73. The second-order valence-electron chi connectivity index (χ2n) is 2.19. The molecule has 0 aliphatic carbocycles. The van der Waals surface area contributed by atoms with E-state index in [0.717, 1.165) is 0 Å². The largest absolute Gasteiger partial charge is 0.295 e. The van der Waals surface area contributed by atoms with Crippen molar-refractivity contribution < 1.29 is 4.39 Å². The van der Waals surface area contributed by atoms with Gasteiger partial charge in [0.1, 0.15) is 11.5 Å². The van der Waals surface area contributed by atoms with Gasteiger partial charge >= 0.3 is 0 Å². The molecule has 2 rings (SSSR count). The third-order valence-electron chi connectivity index (χ3n) is 1.46. The van der Waals surface area contributed by atoms with E-state index in [4.69, 9.17) is 0 Å². The molecule has 4 heteroatoms. The van der Waals surface area contributed by atoms with Crippen LogP contribution in [0.25, 0.3) is 5.65 Å². The molecule has 0 aromatic carbocycles. The first kappa shape index (κ1) is 6.67. The molecule has 0 unspecified atom stereocenters. The molecular formula is C7H5FN2S. The van der Waals surface area contributed by atoms with E-state index in [2.05, 4.69) is 17.6 Å². The van der Waals surface area contributed by atoms with Gasteiger partial charge in [-0.3, -0.25) is 4.40 Å². The van der Waals surface area contributed by atoms with Gasteiger partial charge in [-0.25, -0.2) is 9.37 Å². The van der Waals surface area contributed by atoms with Crippen LogP contribution < -0.4 is 0 Å². The Balaban J connectivity index is 2.86. The van der Waals surface area contributed by atoms with E-state index in [9.17, 15) is 4.39 Å². The maximum absolute atomic E-state index is 12.6. The molecule has 0 aliphatic heterocycles. The van der Waals surface area contributed by atoms with Gasteiger partial charge in [0, 0.05) is 12.3 Å². The molecule has 2 aromatic rings. The van der Waals surface area contributed by atoms with Crippen LogP contribution in [0.3, 0.4) is 0 Å². The van der Waals surface area contributed by atoms with Gasteiger partial charge in [-0.1, -0.05) is 0 Å². The molecule has 2 aromatic heterocycles. The van der Waals surface area contributed by atoms with Crippen molar-refractivity contribution in [3.8, 4) is 0 Å². The number of fused-ring (bicyclic) bond motifs is 1. The fourth-order valence-electron chi connectivity index (χ4n) is 0.942. The fraction of sp³-hybridized carbons (Fsp3) is 0. The molecule has 11 heavy (non-hydrogen) atoms. The molecule has 56 valence electrons. The lowest BCUT2D eigenvalue weighted by molar-refractivity contribution is 0.625. The van der Waals surface area contributed by atoms with Crippen molar-refractivity contribution in [2.45, 2.75) is 5.03 Å². The van der Waals surface area contributed by atoms with E-state index in [-0.39, 0.29) is 5.82 Å². The highest BCUT2D eigenvalue weighted by atomic mass is 32.1. The molecule has 0 radical (unpaired) electrons. The topological polar surface area (TPSA) is 17.3 Å². The van der Waals surface area contributed by atoms with Gasteiger partial charge in [0.25, 0.3) is 0 Å². The number of rotatable bonds is 0. The number of hydrogen-bond donors (Lipinski definition) is 1. The van der Waals surface area contributed by atoms with E-state index >= 15 is 0 Å². The van der Waals surface area contributed by atoms with E-state index < -0.39 is 0 Å². The first-order valence-corrected chi connectivity index (χ1v) is 3.54. The highest BCUT2D eigenvalue weighted by molar-refractivity contribution is 7.80. The van der Waals surface area contributed by atoms with Crippen LogP contribution in [0.5, 0.6) is 0 Å². The van der Waals surface area contributed by atoms with E-state index in [0.29, 0.717) is 10.7 Å². The Morgan fingerprint density at radius 2 is 2.36 bits per heavy atom. The first-order valence-electron chi connectivity index (χ1n) is 3.09. The van der Waals surface area contributed by atoms with Crippen LogP contribution in [-0.4, -0.2) is 9.38 Å². The van der Waals surface area contributed by atoms with Crippen molar-refractivity contribution in [3.05, 3.63) is 30.3 Å². The summed E-state index contributed by atoms with van der Waals surface area (Å²) in [5, 5.41) is 0.708. The highest BCUT2D eigenvalue weighted by Gasteiger charge is 1.98. The molecule has 0 N–H and O–H groups in total. The monoisotopic (exact) mass is 168 g/mol. The second-order valence-corrected chi connectivity index (χ2v) is 2.65. The molecule has 0 saturated carbocycles. The number of aromatic nitrogens is 2. The van der Waals surface area contributed by atoms with Crippen LogP contribution in [0.4, 0.5) is 4.39 Å². The number of nitrogens with zero attached hydrogens (tertiary/aromatic N) is 2. The highest BCUT2D eigenvalue weighted by Crippen LogP contribution is 2.10. The van der Waals surface area contributed by atoms with E-state index in [1.54, 1.807) is 16.8 Å². The average molecular weight is 168 g/mol. The fourth-order valence-corrected chi connectivity index (χ4v) is 1.17. The Labute approximate surface area is 68.1 Å². The van der Waals surface area contributed by atoms with E-state index in [1.165, 1.54) is 12.1 Å². The van der Waals surface area contributed by atoms with Crippen LogP contribution in [0, 0.1) is 5.82 Å².